The SMILES string of the molecule is CC(C)CNC(=O)c1cccc(-c2ccc(Oc3ccc(F)cc3)nn2)c1. The predicted octanol–water partition coefficient (Wildman–Crippen LogP) is 4.46. The first-order valence-electron chi connectivity index (χ1n) is 8.67. The number of benzene rings is 2. The average Bonchev–Trinajstić information content (AvgIpc) is 2.68. The second kappa shape index (κ2) is 8.40. The molecule has 1 aromatic heterocycles. The van der Waals surface area contributed by atoms with E-state index in [2.05, 4.69) is 15.5 Å². The third-order valence-corrected chi connectivity index (χ3v) is 3.77. The zero-order valence-electron chi connectivity index (χ0n) is 15.1. The van der Waals surface area contributed by atoms with Gasteiger partial charge >= 0.3 is 0 Å². The number of carbonyl (C=O) groups excluding carboxylic acids is 1. The molecule has 0 radical (unpaired) electrons. The standard InChI is InChI=1S/C21H20FN3O2/c1-14(2)13-23-21(26)16-5-3-4-15(12-16)19-10-11-20(25-24-19)27-18-8-6-17(22)7-9-18/h3-12,14H,13H2,1-2H3,(H,23,26). The van der Waals surface area contributed by atoms with Crippen molar-refractivity contribution in [3.63, 3.8) is 0 Å². The highest BCUT2D eigenvalue weighted by Crippen LogP contribution is 2.22. The summed E-state index contributed by atoms with van der Waals surface area (Å²) in [7, 11) is 0. The van der Waals surface area contributed by atoms with E-state index < -0.39 is 0 Å². The molecule has 0 fully saturated rings. The Morgan fingerprint density at radius 3 is 2.52 bits per heavy atom. The lowest BCUT2D eigenvalue weighted by atomic mass is 10.1. The smallest absolute Gasteiger partial charge is 0.251 e. The molecule has 138 valence electrons. The van der Waals surface area contributed by atoms with Gasteiger partial charge in [0.1, 0.15) is 11.6 Å². The van der Waals surface area contributed by atoms with Crippen molar-refractivity contribution in [1.82, 2.24) is 15.5 Å². The Labute approximate surface area is 157 Å². The number of amides is 1. The van der Waals surface area contributed by atoms with Crippen LogP contribution < -0.4 is 10.1 Å². The van der Waals surface area contributed by atoms with E-state index >= 15 is 0 Å². The van der Waals surface area contributed by atoms with Crippen molar-refractivity contribution in [2.45, 2.75) is 13.8 Å². The molecule has 0 saturated heterocycles. The van der Waals surface area contributed by atoms with Crippen molar-refractivity contribution in [2.75, 3.05) is 6.54 Å². The van der Waals surface area contributed by atoms with Gasteiger partial charge in [-0.2, -0.15) is 0 Å². The van der Waals surface area contributed by atoms with Crippen molar-refractivity contribution < 1.29 is 13.9 Å². The van der Waals surface area contributed by atoms with Gasteiger partial charge in [0.05, 0.1) is 5.69 Å². The molecule has 0 spiro atoms. The number of ether oxygens (including phenoxy) is 1. The monoisotopic (exact) mass is 365 g/mol. The normalized spacial score (nSPS) is 10.7. The van der Waals surface area contributed by atoms with Gasteiger partial charge in [-0.25, -0.2) is 4.39 Å². The number of carbonyl (C=O) groups is 1. The second-order valence-electron chi connectivity index (χ2n) is 6.50. The summed E-state index contributed by atoms with van der Waals surface area (Å²) >= 11 is 0. The van der Waals surface area contributed by atoms with Crippen molar-refractivity contribution in [3.05, 3.63) is 72.0 Å². The van der Waals surface area contributed by atoms with Gasteiger partial charge in [-0.15, -0.1) is 10.2 Å². The van der Waals surface area contributed by atoms with E-state index in [0.717, 1.165) is 5.56 Å². The summed E-state index contributed by atoms with van der Waals surface area (Å²) in [5.74, 6) is 0.714. The van der Waals surface area contributed by atoms with Gasteiger partial charge in [0.15, 0.2) is 0 Å². The number of hydrogen-bond donors (Lipinski definition) is 1. The predicted molar refractivity (Wildman–Crippen MR) is 101 cm³/mol. The molecule has 0 unspecified atom stereocenters. The first-order valence-corrected chi connectivity index (χ1v) is 8.67. The molecular weight excluding hydrogens is 345 g/mol. The van der Waals surface area contributed by atoms with Crippen molar-refractivity contribution >= 4 is 5.91 Å². The van der Waals surface area contributed by atoms with Crippen LogP contribution in [0.5, 0.6) is 11.6 Å². The van der Waals surface area contributed by atoms with Gasteiger partial charge in [-0.3, -0.25) is 4.79 Å². The lowest BCUT2D eigenvalue weighted by molar-refractivity contribution is 0.0949. The van der Waals surface area contributed by atoms with E-state index in [1.54, 1.807) is 24.3 Å². The summed E-state index contributed by atoms with van der Waals surface area (Å²) in [6, 6.07) is 16.3. The lowest BCUT2D eigenvalue weighted by Gasteiger charge is -2.09. The molecule has 2 aromatic carbocycles. The van der Waals surface area contributed by atoms with Gasteiger partial charge in [0, 0.05) is 23.7 Å². The topological polar surface area (TPSA) is 64.1 Å². The van der Waals surface area contributed by atoms with Crippen LogP contribution in [0.2, 0.25) is 0 Å². The lowest BCUT2D eigenvalue weighted by Crippen LogP contribution is -2.27. The van der Waals surface area contributed by atoms with E-state index in [4.69, 9.17) is 4.74 Å². The maximum atomic E-state index is 12.9. The Kier molecular flexibility index (Phi) is 5.76. The highest BCUT2D eigenvalue weighted by atomic mass is 19.1. The summed E-state index contributed by atoms with van der Waals surface area (Å²) in [4.78, 5) is 12.2. The molecule has 0 bridgehead atoms. The summed E-state index contributed by atoms with van der Waals surface area (Å²) < 4.78 is 18.5. The molecule has 0 aliphatic rings. The highest BCUT2D eigenvalue weighted by Gasteiger charge is 2.09. The fourth-order valence-corrected chi connectivity index (χ4v) is 2.37. The zero-order chi connectivity index (χ0) is 19.2. The zero-order valence-corrected chi connectivity index (χ0v) is 15.1. The van der Waals surface area contributed by atoms with Crippen molar-refractivity contribution in [3.8, 4) is 22.9 Å². The van der Waals surface area contributed by atoms with Gasteiger partial charge in [-0.1, -0.05) is 26.0 Å². The summed E-state index contributed by atoms with van der Waals surface area (Å²) in [6.45, 7) is 4.71. The molecule has 3 aromatic rings. The largest absolute Gasteiger partial charge is 0.438 e. The Morgan fingerprint density at radius 2 is 1.85 bits per heavy atom. The molecule has 0 aliphatic heterocycles. The first kappa shape index (κ1) is 18.5. The van der Waals surface area contributed by atoms with Crippen LogP contribution in [0.1, 0.15) is 24.2 Å². The van der Waals surface area contributed by atoms with Crippen LogP contribution in [0.4, 0.5) is 4.39 Å². The number of nitrogens with zero attached hydrogens (tertiary/aromatic N) is 2. The maximum Gasteiger partial charge on any atom is 0.251 e. The Balaban J connectivity index is 1.72. The quantitative estimate of drug-likeness (QED) is 0.700. The Bertz CT molecular complexity index is 909. The first-order chi connectivity index (χ1) is 13.0. The number of hydrogen-bond acceptors (Lipinski definition) is 4. The Hall–Kier alpha value is -3.28. The summed E-state index contributed by atoms with van der Waals surface area (Å²) in [5.41, 5.74) is 1.98. The van der Waals surface area contributed by atoms with Crippen LogP contribution in [0.15, 0.2) is 60.7 Å². The number of nitrogens with one attached hydrogen (secondary N) is 1. The molecule has 1 heterocycles. The fraction of sp³-hybridized carbons (Fsp3) is 0.190. The van der Waals surface area contributed by atoms with E-state index in [1.807, 2.05) is 26.0 Å². The average molecular weight is 365 g/mol. The number of rotatable bonds is 6. The van der Waals surface area contributed by atoms with E-state index in [9.17, 15) is 9.18 Å². The fourth-order valence-electron chi connectivity index (χ4n) is 2.37. The van der Waals surface area contributed by atoms with Gasteiger partial charge in [0.25, 0.3) is 5.91 Å². The van der Waals surface area contributed by atoms with Crippen LogP contribution in [0.25, 0.3) is 11.3 Å². The van der Waals surface area contributed by atoms with Crippen molar-refractivity contribution in [2.24, 2.45) is 5.92 Å². The van der Waals surface area contributed by atoms with E-state index in [-0.39, 0.29) is 11.7 Å². The molecule has 0 saturated carbocycles. The summed E-state index contributed by atoms with van der Waals surface area (Å²) in [5, 5.41) is 11.1. The van der Waals surface area contributed by atoms with Crippen LogP contribution in [-0.4, -0.2) is 22.6 Å². The molecule has 1 amide bonds. The molecule has 5 nitrogen and oxygen atoms in total. The maximum absolute atomic E-state index is 12.9. The summed E-state index contributed by atoms with van der Waals surface area (Å²) in [6.07, 6.45) is 0. The molecule has 3 rings (SSSR count). The Morgan fingerprint density at radius 1 is 1.07 bits per heavy atom. The van der Waals surface area contributed by atoms with Crippen LogP contribution >= 0.6 is 0 Å². The molecular formula is C21H20FN3O2. The van der Waals surface area contributed by atoms with Gasteiger partial charge < -0.3 is 10.1 Å². The third-order valence-electron chi connectivity index (χ3n) is 3.77. The van der Waals surface area contributed by atoms with Crippen molar-refractivity contribution in [1.29, 1.82) is 0 Å². The van der Waals surface area contributed by atoms with E-state index in [0.29, 0.717) is 35.3 Å². The highest BCUT2D eigenvalue weighted by molar-refractivity contribution is 5.95. The third kappa shape index (κ3) is 5.10. The van der Waals surface area contributed by atoms with Crippen LogP contribution in [-0.2, 0) is 0 Å². The van der Waals surface area contributed by atoms with Gasteiger partial charge in [0.2, 0.25) is 5.88 Å². The minimum Gasteiger partial charge on any atom is -0.438 e. The minimum atomic E-state index is -0.332. The minimum absolute atomic E-state index is 0.116. The van der Waals surface area contributed by atoms with E-state index in [1.165, 1.54) is 24.3 Å². The van der Waals surface area contributed by atoms with Crippen LogP contribution in [0.3, 0.4) is 0 Å². The molecule has 0 aliphatic carbocycles. The number of aromatic nitrogens is 2. The molecule has 6 heteroatoms. The molecule has 27 heavy (non-hydrogen) atoms. The molecule has 1 N–H and O–H groups in total. The second-order valence-corrected chi connectivity index (χ2v) is 6.50. The number of halogens is 1. The molecule has 0 atom stereocenters. The van der Waals surface area contributed by atoms with Crippen LogP contribution in [0, 0.1) is 11.7 Å². The van der Waals surface area contributed by atoms with Gasteiger partial charge in [-0.05, 0) is 48.4 Å².